The first kappa shape index (κ1) is 29.9. The smallest absolute Gasteiger partial charge is 0.319 e. The molecule has 3 aromatic rings. The number of aromatic hydroxyl groups is 1. The third-order valence-electron chi connectivity index (χ3n) is 6.88. The summed E-state index contributed by atoms with van der Waals surface area (Å²) >= 11 is 0. The SMILES string of the molecule is COc1ccc(CCNC(=O)Nc2ccccc2CCc2cc(C(C)(C)C)c(O)c(C(C)(C)C)c2)cc1OC. The standard InChI is InChI=1S/C33H44N2O4/c1-32(2,3)25-19-23(20-26(30(25)36)33(4,5)6)13-15-24-11-9-10-12-27(24)35-31(37)34-18-17-22-14-16-28(38-7)29(21-22)39-8/h9-12,14,16,19-21,36H,13,15,17-18H2,1-8H3,(H2,34,35,37). The summed E-state index contributed by atoms with van der Waals surface area (Å²) in [5, 5.41) is 17.0. The van der Waals surface area contributed by atoms with Crippen LogP contribution < -0.4 is 20.1 Å². The Labute approximate surface area is 233 Å². The fourth-order valence-corrected chi connectivity index (χ4v) is 4.64. The highest BCUT2D eigenvalue weighted by Gasteiger charge is 2.26. The average Bonchev–Trinajstić information content (AvgIpc) is 2.87. The molecule has 210 valence electrons. The maximum Gasteiger partial charge on any atom is 0.319 e. The number of hydrogen-bond donors (Lipinski definition) is 3. The van der Waals surface area contributed by atoms with Crippen LogP contribution in [-0.2, 0) is 30.1 Å². The number of urea groups is 1. The van der Waals surface area contributed by atoms with E-state index in [0.29, 0.717) is 30.2 Å². The van der Waals surface area contributed by atoms with Crippen LogP contribution in [0.2, 0.25) is 0 Å². The lowest BCUT2D eigenvalue weighted by molar-refractivity contribution is 0.252. The molecule has 0 heterocycles. The molecular formula is C33H44N2O4. The van der Waals surface area contributed by atoms with Gasteiger partial charge in [-0.15, -0.1) is 0 Å². The number of anilines is 1. The molecule has 2 amide bonds. The fraction of sp³-hybridized carbons (Fsp3) is 0.424. The number of carbonyl (C=O) groups excluding carboxylic acids is 1. The van der Waals surface area contributed by atoms with Crippen LogP contribution in [0.25, 0.3) is 0 Å². The molecule has 0 aromatic heterocycles. The molecule has 0 radical (unpaired) electrons. The molecule has 0 saturated carbocycles. The van der Waals surface area contributed by atoms with Gasteiger partial charge in [-0.2, -0.15) is 0 Å². The molecule has 0 unspecified atom stereocenters. The van der Waals surface area contributed by atoms with E-state index in [1.807, 2.05) is 36.4 Å². The monoisotopic (exact) mass is 532 g/mol. The van der Waals surface area contributed by atoms with Crippen LogP contribution in [0.15, 0.2) is 54.6 Å². The number of amides is 2. The number of methoxy groups -OCH3 is 2. The number of aryl methyl sites for hydroxylation is 2. The zero-order chi connectivity index (χ0) is 28.8. The third kappa shape index (κ3) is 7.92. The van der Waals surface area contributed by atoms with Gasteiger partial charge in [0.1, 0.15) is 5.75 Å². The van der Waals surface area contributed by atoms with Gasteiger partial charge >= 0.3 is 6.03 Å². The molecule has 0 bridgehead atoms. The summed E-state index contributed by atoms with van der Waals surface area (Å²) in [6, 6.07) is 17.7. The molecule has 3 rings (SSSR count). The second-order valence-electron chi connectivity index (χ2n) is 12.0. The molecular weight excluding hydrogens is 488 g/mol. The predicted molar refractivity (Wildman–Crippen MR) is 160 cm³/mol. The van der Waals surface area contributed by atoms with E-state index in [1.165, 1.54) is 5.56 Å². The Kier molecular flexibility index (Phi) is 9.54. The van der Waals surface area contributed by atoms with E-state index in [1.54, 1.807) is 14.2 Å². The molecule has 0 aliphatic carbocycles. The van der Waals surface area contributed by atoms with Crippen molar-refractivity contribution in [3.63, 3.8) is 0 Å². The van der Waals surface area contributed by atoms with Gasteiger partial charge in [0.25, 0.3) is 0 Å². The van der Waals surface area contributed by atoms with Crippen LogP contribution in [0, 0.1) is 0 Å². The number of ether oxygens (including phenoxy) is 2. The van der Waals surface area contributed by atoms with E-state index in [9.17, 15) is 9.90 Å². The lowest BCUT2D eigenvalue weighted by Gasteiger charge is -2.28. The van der Waals surface area contributed by atoms with Crippen molar-refractivity contribution in [1.29, 1.82) is 0 Å². The molecule has 0 atom stereocenters. The summed E-state index contributed by atoms with van der Waals surface area (Å²) in [6.07, 6.45) is 2.23. The van der Waals surface area contributed by atoms with Crippen LogP contribution in [0.5, 0.6) is 17.2 Å². The number of phenols is 1. The average molecular weight is 533 g/mol. The molecule has 0 aliphatic rings. The lowest BCUT2D eigenvalue weighted by Crippen LogP contribution is -2.30. The first-order valence-electron chi connectivity index (χ1n) is 13.5. The van der Waals surface area contributed by atoms with Gasteiger partial charge in [0, 0.05) is 12.2 Å². The molecule has 3 N–H and O–H groups in total. The quantitative estimate of drug-likeness (QED) is 0.273. The molecule has 39 heavy (non-hydrogen) atoms. The largest absolute Gasteiger partial charge is 0.507 e. The summed E-state index contributed by atoms with van der Waals surface area (Å²) in [6.45, 7) is 13.2. The minimum Gasteiger partial charge on any atom is -0.507 e. The van der Waals surface area contributed by atoms with Gasteiger partial charge < -0.3 is 25.2 Å². The summed E-state index contributed by atoms with van der Waals surface area (Å²) in [5.41, 5.74) is 5.67. The second kappa shape index (κ2) is 12.5. The number of carbonyl (C=O) groups is 1. The van der Waals surface area contributed by atoms with Crippen molar-refractivity contribution in [2.75, 3.05) is 26.1 Å². The number of para-hydroxylation sites is 1. The maximum atomic E-state index is 12.7. The Bertz CT molecular complexity index is 1250. The number of hydrogen-bond acceptors (Lipinski definition) is 4. The predicted octanol–water partition coefficient (Wildman–Crippen LogP) is 7.15. The molecule has 0 spiro atoms. The van der Waals surface area contributed by atoms with Gasteiger partial charge in [-0.25, -0.2) is 4.79 Å². The summed E-state index contributed by atoms with van der Waals surface area (Å²) < 4.78 is 10.7. The van der Waals surface area contributed by atoms with E-state index < -0.39 is 0 Å². The van der Waals surface area contributed by atoms with E-state index in [-0.39, 0.29) is 16.9 Å². The number of rotatable bonds is 9. The van der Waals surface area contributed by atoms with Crippen LogP contribution in [0.3, 0.4) is 0 Å². The van der Waals surface area contributed by atoms with E-state index >= 15 is 0 Å². The van der Waals surface area contributed by atoms with E-state index in [4.69, 9.17) is 9.47 Å². The molecule has 0 saturated heterocycles. The summed E-state index contributed by atoms with van der Waals surface area (Å²) in [7, 11) is 3.22. The van der Waals surface area contributed by atoms with Crippen molar-refractivity contribution in [1.82, 2.24) is 5.32 Å². The number of phenolic OH excluding ortho intramolecular Hbond substituents is 1. The van der Waals surface area contributed by atoms with Gasteiger partial charge in [-0.05, 0) is 76.1 Å². The Morgan fingerprint density at radius 2 is 1.38 bits per heavy atom. The van der Waals surface area contributed by atoms with Crippen molar-refractivity contribution in [2.24, 2.45) is 0 Å². The zero-order valence-corrected chi connectivity index (χ0v) is 24.7. The van der Waals surface area contributed by atoms with Crippen molar-refractivity contribution in [2.45, 2.75) is 71.6 Å². The van der Waals surface area contributed by atoms with Crippen molar-refractivity contribution < 1.29 is 19.4 Å². The first-order valence-corrected chi connectivity index (χ1v) is 13.5. The Morgan fingerprint density at radius 3 is 1.97 bits per heavy atom. The minimum atomic E-state index is -0.238. The highest BCUT2D eigenvalue weighted by Crippen LogP contribution is 2.40. The van der Waals surface area contributed by atoms with Gasteiger partial charge in [0.2, 0.25) is 0 Å². The lowest BCUT2D eigenvalue weighted by atomic mass is 9.78. The third-order valence-corrected chi connectivity index (χ3v) is 6.88. The molecule has 0 aliphatic heterocycles. The Morgan fingerprint density at radius 1 is 0.769 bits per heavy atom. The Hall–Kier alpha value is -3.67. The summed E-state index contributed by atoms with van der Waals surface area (Å²) in [5.74, 6) is 1.75. The molecule has 6 nitrogen and oxygen atoms in total. The van der Waals surface area contributed by atoms with Crippen LogP contribution in [0.1, 0.15) is 69.4 Å². The minimum absolute atomic E-state index is 0.172. The van der Waals surface area contributed by atoms with Gasteiger partial charge in [0.15, 0.2) is 11.5 Å². The van der Waals surface area contributed by atoms with Crippen molar-refractivity contribution in [3.05, 3.63) is 82.4 Å². The van der Waals surface area contributed by atoms with Gasteiger partial charge in [-0.3, -0.25) is 0 Å². The maximum absolute atomic E-state index is 12.7. The van der Waals surface area contributed by atoms with Crippen molar-refractivity contribution >= 4 is 11.7 Å². The number of nitrogens with one attached hydrogen (secondary N) is 2. The van der Waals surface area contributed by atoms with Crippen LogP contribution in [0.4, 0.5) is 10.5 Å². The zero-order valence-electron chi connectivity index (χ0n) is 24.7. The second-order valence-corrected chi connectivity index (χ2v) is 12.0. The van der Waals surface area contributed by atoms with Gasteiger partial charge in [-0.1, -0.05) is 77.9 Å². The fourth-order valence-electron chi connectivity index (χ4n) is 4.64. The van der Waals surface area contributed by atoms with Crippen LogP contribution in [-0.4, -0.2) is 31.9 Å². The Balaban J connectivity index is 1.67. The highest BCUT2D eigenvalue weighted by molar-refractivity contribution is 5.90. The van der Waals surface area contributed by atoms with Crippen LogP contribution >= 0.6 is 0 Å². The van der Waals surface area contributed by atoms with E-state index in [2.05, 4.69) is 70.4 Å². The molecule has 0 fully saturated rings. The first-order chi connectivity index (χ1) is 18.3. The highest BCUT2D eigenvalue weighted by atomic mass is 16.5. The topological polar surface area (TPSA) is 79.8 Å². The van der Waals surface area contributed by atoms with Crippen molar-refractivity contribution in [3.8, 4) is 17.2 Å². The molecule has 6 heteroatoms. The number of benzene rings is 3. The summed E-state index contributed by atoms with van der Waals surface area (Å²) in [4.78, 5) is 12.7. The van der Waals surface area contributed by atoms with E-state index in [0.717, 1.165) is 40.8 Å². The normalized spacial score (nSPS) is 11.7. The molecule has 3 aromatic carbocycles. The van der Waals surface area contributed by atoms with Gasteiger partial charge in [0.05, 0.1) is 14.2 Å².